The Morgan fingerprint density at radius 2 is 1.34 bits per heavy atom. The van der Waals surface area contributed by atoms with E-state index in [4.69, 9.17) is 10.2 Å². The van der Waals surface area contributed by atoms with Crippen LogP contribution in [0.25, 0.3) is 0 Å². The van der Waals surface area contributed by atoms with Gasteiger partial charge in [-0.2, -0.15) is 0 Å². The number of benzene rings is 1. The lowest BCUT2D eigenvalue weighted by Gasteiger charge is -2.18. The average molecular weight is 471 g/mol. The molecule has 0 heterocycles. The third-order valence-corrected chi connectivity index (χ3v) is 4.93. The Morgan fingerprint density at radius 1 is 0.875 bits per heavy atom. The van der Waals surface area contributed by atoms with E-state index in [1.54, 1.807) is 13.8 Å². The van der Waals surface area contributed by atoms with Crippen LogP contribution in [0.2, 0.25) is 0 Å². The molecule has 0 saturated heterocycles. The second-order valence-corrected chi connectivity index (χ2v) is 8.49. The summed E-state index contributed by atoms with van der Waals surface area (Å²) in [5, 5.41) is 23.0. The Hall–Kier alpha value is -3.52. The highest BCUT2D eigenvalue weighted by Gasteiger charge is 2.23. The molecule has 0 fully saturated rings. The number of sulfonamides is 1. The van der Waals surface area contributed by atoms with E-state index >= 15 is 0 Å². The first-order valence-corrected chi connectivity index (χ1v) is 10.8. The van der Waals surface area contributed by atoms with Crippen LogP contribution in [0.15, 0.2) is 29.2 Å². The summed E-state index contributed by atoms with van der Waals surface area (Å²) in [6, 6.07) is 3.63. The van der Waals surface area contributed by atoms with Crippen molar-refractivity contribution in [2.75, 3.05) is 19.6 Å². The number of primary sulfonamides is 1. The molecule has 0 aliphatic heterocycles. The van der Waals surface area contributed by atoms with E-state index < -0.39 is 65.3 Å². The van der Waals surface area contributed by atoms with Crippen molar-refractivity contribution >= 4 is 39.6 Å². The molecule has 0 aliphatic rings. The van der Waals surface area contributed by atoms with Crippen molar-refractivity contribution < 1.29 is 37.5 Å². The molecule has 0 bridgehead atoms. The summed E-state index contributed by atoms with van der Waals surface area (Å²) in [7, 11) is -3.90. The van der Waals surface area contributed by atoms with Gasteiger partial charge in [-0.3, -0.25) is 19.2 Å². The highest BCUT2D eigenvalue weighted by molar-refractivity contribution is 7.89. The van der Waals surface area contributed by atoms with Crippen molar-refractivity contribution in [3.05, 3.63) is 29.8 Å². The van der Waals surface area contributed by atoms with Crippen LogP contribution in [0.1, 0.15) is 24.2 Å². The third kappa shape index (κ3) is 9.09. The van der Waals surface area contributed by atoms with Gasteiger partial charge < -0.3 is 26.4 Å². The predicted molar refractivity (Wildman–Crippen MR) is 111 cm³/mol. The maximum Gasteiger partial charge on any atom is 0.326 e. The number of amides is 4. The monoisotopic (exact) mass is 471 g/mol. The second kappa shape index (κ2) is 11.8. The van der Waals surface area contributed by atoms with Gasteiger partial charge >= 0.3 is 5.97 Å². The molecule has 0 radical (unpaired) electrons. The fourth-order valence-corrected chi connectivity index (χ4v) is 2.79. The van der Waals surface area contributed by atoms with Crippen LogP contribution in [0.4, 0.5) is 0 Å². The Kier molecular flexibility index (Phi) is 9.74. The van der Waals surface area contributed by atoms with Gasteiger partial charge in [0.25, 0.3) is 5.91 Å². The number of carbonyl (C=O) groups is 5. The lowest BCUT2D eigenvalue weighted by atomic mass is 10.1. The summed E-state index contributed by atoms with van der Waals surface area (Å²) in [6.45, 7) is 1.82. The number of rotatable bonds is 11. The molecule has 0 aromatic heterocycles. The van der Waals surface area contributed by atoms with Gasteiger partial charge in [0.05, 0.1) is 24.5 Å². The molecule has 4 amide bonds. The molecule has 7 N–H and O–H groups in total. The lowest BCUT2D eigenvalue weighted by Crippen LogP contribution is -2.49. The second-order valence-electron chi connectivity index (χ2n) is 6.93. The number of carboxylic acid groups (broad SMARTS) is 1. The van der Waals surface area contributed by atoms with Gasteiger partial charge in [0.2, 0.25) is 27.7 Å². The summed E-state index contributed by atoms with van der Waals surface area (Å²) >= 11 is 0. The number of carboxylic acids is 1. The molecule has 32 heavy (non-hydrogen) atoms. The highest BCUT2D eigenvalue weighted by atomic mass is 32.2. The Morgan fingerprint density at radius 3 is 1.78 bits per heavy atom. The summed E-state index contributed by atoms with van der Waals surface area (Å²) in [6.07, 6.45) is 0. The summed E-state index contributed by atoms with van der Waals surface area (Å²) in [4.78, 5) is 58.0. The van der Waals surface area contributed by atoms with E-state index in [0.29, 0.717) is 0 Å². The summed E-state index contributed by atoms with van der Waals surface area (Å²) < 4.78 is 22.4. The molecule has 0 spiro atoms. The van der Waals surface area contributed by atoms with E-state index in [1.807, 2.05) is 0 Å². The maximum atomic E-state index is 12.0. The van der Waals surface area contributed by atoms with Crippen molar-refractivity contribution in [3.8, 4) is 0 Å². The fraction of sp³-hybridized carbons (Fsp3) is 0.389. The first kappa shape index (κ1) is 26.5. The highest BCUT2D eigenvalue weighted by Crippen LogP contribution is 2.08. The Bertz CT molecular complexity index is 976. The molecule has 0 aliphatic carbocycles. The molecule has 1 rings (SSSR count). The molecule has 1 aromatic carbocycles. The van der Waals surface area contributed by atoms with Crippen LogP contribution in [0.3, 0.4) is 0 Å². The van der Waals surface area contributed by atoms with Crippen LogP contribution in [-0.4, -0.2) is 68.8 Å². The van der Waals surface area contributed by atoms with E-state index in [2.05, 4.69) is 21.3 Å². The molecular weight excluding hydrogens is 446 g/mol. The van der Waals surface area contributed by atoms with Crippen molar-refractivity contribution in [2.45, 2.75) is 24.8 Å². The van der Waals surface area contributed by atoms with Gasteiger partial charge in [-0.25, -0.2) is 18.4 Å². The average Bonchev–Trinajstić information content (AvgIpc) is 2.71. The topological polar surface area (TPSA) is 214 Å². The van der Waals surface area contributed by atoms with E-state index in [0.717, 1.165) is 12.1 Å². The summed E-state index contributed by atoms with van der Waals surface area (Å²) in [5.41, 5.74) is 0.0926. The predicted octanol–water partition coefficient (Wildman–Crippen LogP) is -2.48. The summed E-state index contributed by atoms with van der Waals surface area (Å²) in [5.74, 6) is -4.30. The van der Waals surface area contributed by atoms with Crippen molar-refractivity contribution in [1.82, 2.24) is 21.3 Å². The Labute approximate surface area is 184 Å². The molecule has 14 heteroatoms. The van der Waals surface area contributed by atoms with Crippen LogP contribution in [-0.2, 0) is 29.2 Å². The SMILES string of the molecule is CC(C)[C@H](NC(=O)CNC(=O)CNC(=O)CNC(=O)c1ccc(S(N)(=O)=O)cc1)C(=O)O. The molecule has 0 saturated carbocycles. The van der Waals surface area contributed by atoms with E-state index in [-0.39, 0.29) is 16.4 Å². The molecule has 1 aromatic rings. The molecular formula is C18H25N5O8S. The number of nitrogens with one attached hydrogen (secondary N) is 4. The normalized spacial score (nSPS) is 11.9. The quantitative estimate of drug-likeness (QED) is 0.203. The van der Waals surface area contributed by atoms with Gasteiger partial charge in [0.1, 0.15) is 6.04 Å². The molecule has 13 nitrogen and oxygen atoms in total. The van der Waals surface area contributed by atoms with Gasteiger partial charge in [-0.15, -0.1) is 0 Å². The van der Waals surface area contributed by atoms with Crippen LogP contribution in [0, 0.1) is 5.92 Å². The number of nitrogens with two attached hydrogens (primary N) is 1. The molecule has 0 unspecified atom stereocenters. The van der Waals surface area contributed by atoms with Gasteiger partial charge in [0, 0.05) is 5.56 Å². The van der Waals surface area contributed by atoms with Gasteiger partial charge in [-0.1, -0.05) is 13.8 Å². The molecule has 176 valence electrons. The zero-order chi connectivity index (χ0) is 24.5. The van der Waals surface area contributed by atoms with Crippen molar-refractivity contribution in [2.24, 2.45) is 11.1 Å². The zero-order valence-electron chi connectivity index (χ0n) is 17.4. The first-order chi connectivity index (χ1) is 14.8. The third-order valence-electron chi connectivity index (χ3n) is 4.00. The minimum atomic E-state index is -3.90. The number of aliphatic carboxylic acids is 1. The minimum absolute atomic E-state index is 0.0926. The first-order valence-electron chi connectivity index (χ1n) is 9.28. The number of hydrogen-bond donors (Lipinski definition) is 6. The standard InChI is InChI=1S/C18H25N5O8S/c1-10(2)16(18(28)29)23-15(26)9-21-13(24)7-20-14(25)8-22-17(27)11-3-5-12(6-4-11)32(19,30)31/h3-6,10,16H,7-9H2,1-2H3,(H,20,25)(H,21,24)(H,22,27)(H,23,26)(H,28,29)(H2,19,30,31)/t16-/m0/s1. The van der Waals surface area contributed by atoms with Gasteiger partial charge in [0.15, 0.2) is 0 Å². The van der Waals surface area contributed by atoms with Gasteiger partial charge in [-0.05, 0) is 30.2 Å². The van der Waals surface area contributed by atoms with Crippen molar-refractivity contribution in [3.63, 3.8) is 0 Å². The van der Waals surface area contributed by atoms with Crippen molar-refractivity contribution in [1.29, 1.82) is 0 Å². The Balaban J connectivity index is 2.36. The van der Waals surface area contributed by atoms with Crippen LogP contribution in [0.5, 0.6) is 0 Å². The number of hydrogen-bond acceptors (Lipinski definition) is 7. The largest absolute Gasteiger partial charge is 0.480 e. The lowest BCUT2D eigenvalue weighted by molar-refractivity contribution is -0.143. The number of carbonyl (C=O) groups excluding carboxylic acids is 4. The minimum Gasteiger partial charge on any atom is -0.480 e. The van der Waals surface area contributed by atoms with E-state index in [1.165, 1.54) is 12.1 Å². The molecule has 1 atom stereocenters. The van der Waals surface area contributed by atoms with Crippen LogP contribution >= 0.6 is 0 Å². The fourth-order valence-electron chi connectivity index (χ4n) is 2.28. The maximum absolute atomic E-state index is 12.0. The van der Waals surface area contributed by atoms with Crippen LogP contribution < -0.4 is 26.4 Å². The zero-order valence-corrected chi connectivity index (χ0v) is 18.2. The smallest absolute Gasteiger partial charge is 0.326 e. The van der Waals surface area contributed by atoms with E-state index in [9.17, 15) is 32.4 Å².